The molecule has 2 aliphatic heterocycles. The molecule has 2 aliphatic rings. The van der Waals surface area contributed by atoms with Crippen LogP contribution in [0.5, 0.6) is 5.75 Å². The Labute approximate surface area is 161 Å². The number of phenols is 1. The molecule has 0 unspecified atom stereocenters. The highest BCUT2D eigenvalue weighted by atomic mass is 35.5. The molecule has 2 bridgehead atoms. The molecule has 2 saturated heterocycles. The zero-order chi connectivity index (χ0) is 17.9. The average molecular weight is 371 g/mol. The first-order chi connectivity index (χ1) is 12.7. The standard InChI is InChI=1S/C22H27ClN2O/c23-19-6-4-16(5-7-19)15-24-10-11-25-20-8-9-21(25)13-18(12-20)17-2-1-3-22(26)14-17/h1-7,14,18,20-21,24,26H,8-13,15H2/t18-,20+,21-. The summed E-state index contributed by atoms with van der Waals surface area (Å²) >= 11 is 5.94. The van der Waals surface area contributed by atoms with E-state index in [2.05, 4.69) is 28.4 Å². The highest BCUT2D eigenvalue weighted by Gasteiger charge is 2.40. The van der Waals surface area contributed by atoms with Crippen LogP contribution in [-0.2, 0) is 6.54 Å². The van der Waals surface area contributed by atoms with Gasteiger partial charge in [-0.25, -0.2) is 0 Å². The van der Waals surface area contributed by atoms with E-state index in [1.807, 2.05) is 24.3 Å². The average Bonchev–Trinajstić information content (AvgIpc) is 2.87. The van der Waals surface area contributed by atoms with Gasteiger partial charge in [0.25, 0.3) is 0 Å². The van der Waals surface area contributed by atoms with E-state index in [9.17, 15) is 5.11 Å². The van der Waals surface area contributed by atoms with Crippen LogP contribution in [0, 0.1) is 0 Å². The van der Waals surface area contributed by atoms with Crippen molar-refractivity contribution < 1.29 is 5.11 Å². The minimum Gasteiger partial charge on any atom is -0.508 e. The first-order valence-corrected chi connectivity index (χ1v) is 10.1. The number of phenolic OH excluding ortho intramolecular Hbond substituents is 1. The molecule has 26 heavy (non-hydrogen) atoms. The monoisotopic (exact) mass is 370 g/mol. The number of hydrogen-bond acceptors (Lipinski definition) is 3. The van der Waals surface area contributed by atoms with Crippen LogP contribution in [0.3, 0.4) is 0 Å². The molecule has 0 saturated carbocycles. The van der Waals surface area contributed by atoms with Gasteiger partial charge in [0.2, 0.25) is 0 Å². The lowest BCUT2D eigenvalue weighted by Gasteiger charge is -2.39. The minimum atomic E-state index is 0.392. The highest BCUT2D eigenvalue weighted by Crippen LogP contribution is 2.43. The maximum atomic E-state index is 9.77. The lowest BCUT2D eigenvalue weighted by atomic mass is 9.85. The third-order valence-corrected chi connectivity index (χ3v) is 6.27. The highest BCUT2D eigenvalue weighted by molar-refractivity contribution is 6.30. The number of nitrogens with zero attached hydrogens (tertiary/aromatic N) is 1. The van der Waals surface area contributed by atoms with Crippen LogP contribution in [0.1, 0.15) is 42.7 Å². The van der Waals surface area contributed by atoms with Crippen LogP contribution in [0.25, 0.3) is 0 Å². The summed E-state index contributed by atoms with van der Waals surface area (Å²) in [6, 6.07) is 17.3. The first kappa shape index (κ1) is 17.8. The SMILES string of the molecule is Oc1cccc([C@H]2C[C@H]3CC[C@@H](C2)N3CCNCc2ccc(Cl)cc2)c1. The number of piperidine rings is 1. The van der Waals surface area contributed by atoms with Crippen molar-refractivity contribution in [1.29, 1.82) is 0 Å². The van der Waals surface area contributed by atoms with Crippen LogP contribution in [0.15, 0.2) is 48.5 Å². The summed E-state index contributed by atoms with van der Waals surface area (Å²) in [6.07, 6.45) is 5.07. The second kappa shape index (κ2) is 7.99. The van der Waals surface area contributed by atoms with Gasteiger partial charge in [-0.05, 0) is 67.0 Å². The van der Waals surface area contributed by atoms with E-state index in [0.717, 1.165) is 24.7 Å². The molecule has 2 aromatic carbocycles. The molecule has 4 rings (SSSR count). The maximum absolute atomic E-state index is 9.77. The van der Waals surface area contributed by atoms with E-state index in [1.54, 1.807) is 6.07 Å². The summed E-state index contributed by atoms with van der Waals surface area (Å²) < 4.78 is 0. The molecule has 2 aromatic rings. The molecule has 0 aromatic heterocycles. The number of hydrogen-bond donors (Lipinski definition) is 2. The van der Waals surface area contributed by atoms with E-state index >= 15 is 0 Å². The van der Waals surface area contributed by atoms with Crippen LogP contribution >= 0.6 is 11.6 Å². The van der Waals surface area contributed by atoms with Gasteiger partial charge in [0.1, 0.15) is 5.75 Å². The molecule has 2 heterocycles. The summed E-state index contributed by atoms with van der Waals surface area (Å²) in [7, 11) is 0. The Bertz CT molecular complexity index is 719. The molecular formula is C22H27ClN2O. The van der Waals surface area contributed by atoms with Gasteiger partial charge in [0.05, 0.1) is 0 Å². The number of aromatic hydroxyl groups is 1. The number of halogens is 1. The topological polar surface area (TPSA) is 35.5 Å². The van der Waals surface area contributed by atoms with E-state index in [-0.39, 0.29) is 0 Å². The molecule has 138 valence electrons. The van der Waals surface area contributed by atoms with Gasteiger partial charge in [-0.3, -0.25) is 4.90 Å². The summed E-state index contributed by atoms with van der Waals surface area (Å²) in [5.41, 5.74) is 2.59. The van der Waals surface area contributed by atoms with Crippen LogP contribution in [-0.4, -0.2) is 35.2 Å². The summed E-state index contributed by atoms with van der Waals surface area (Å²) in [6.45, 7) is 3.04. The van der Waals surface area contributed by atoms with Crippen molar-refractivity contribution >= 4 is 11.6 Å². The molecule has 3 atom stereocenters. The molecule has 3 nitrogen and oxygen atoms in total. The predicted molar refractivity (Wildman–Crippen MR) is 107 cm³/mol. The fraction of sp³-hybridized carbons (Fsp3) is 0.455. The lowest BCUT2D eigenvalue weighted by Crippen LogP contribution is -2.45. The van der Waals surface area contributed by atoms with Crippen molar-refractivity contribution in [1.82, 2.24) is 10.2 Å². The lowest BCUT2D eigenvalue weighted by molar-refractivity contribution is 0.127. The van der Waals surface area contributed by atoms with Gasteiger partial charge in [0, 0.05) is 36.7 Å². The van der Waals surface area contributed by atoms with E-state index in [4.69, 9.17) is 11.6 Å². The summed E-state index contributed by atoms with van der Waals surface area (Å²) in [5.74, 6) is 0.988. The Morgan fingerprint density at radius 2 is 1.77 bits per heavy atom. The Morgan fingerprint density at radius 1 is 1.04 bits per heavy atom. The second-order valence-electron chi connectivity index (χ2n) is 7.69. The third kappa shape index (κ3) is 4.06. The Morgan fingerprint density at radius 3 is 2.46 bits per heavy atom. The smallest absolute Gasteiger partial charge is 0.115 e. The van der Waals surface area contributed by atoms with Crippen LogP contribution < -0.4 is 5.32 Å². The van der Waals surface area contributed by atoms with Gasteiger partial charge < -0.3 is 10.4 Å². The molecule has 2 fully saturated rings. The van der Waals surface area contributed by atoms with Crippen molar-refractivity contribution in [3.63, 3.8) is 0 Å². The van der Waals surface area contributed by atoms with E-state index < -0.39 is 0 Å². The fourth-order valence-electron chi connectivity index (χ4n) is 4.73. The predicted octanol–water partition coefficient (Wildman–Crippen LogP) is 4.55. The van der Waals surface area contributed by atoms with Crippen molar-refractivity contribution in [3.8, 4) is 5.75 Å². The minimum absolute atomic E-state index is 0.392. The molecule has 4 heteroatoms. The third-order valence-electron chi connectivity index (χ3n) is 6.02. The normalized spacial score (nSPS) is 25.5. The van der Waals surface area contributed by atoms with Gasteiger partial charge in [-0.15, -0.1) is 0 Å². The van der Waals surface area contributed by atoms with Gasteiger partial charge >= 0.3 is 0 Å². The second-order valence-corrected chi connectivity index (χ2v) is 8.13. The Hall–Kier alpha value is -1.55. The van der Waals surface area contributed by atoms with Crippen molar-refractivity contribution in [2.45, 2.75) is 50.2 Å². The number of fused-ring (bicyclic) bond motifs is 2. The van der Waals surface area contributed by atoms with Crippen LogP contribution in [0.2, 0.25) is 5.02 Å². The maximum Gasteiger partial charge on any atom is 0.115 e. The number of nitrogens with one attached hydrogen (secondary N) is 1. The van der Waals surface area contributed by atoms with Crippen LogP contribution in [0.4, 0.5) is 0 Å². The molecular weight excluding hydrogens is 344 g/mol. The van der Waals surface area contributed by atoms with Crippen molar-refractivity contribution in [3.05, 3.63) is 64.7 Å². The first-order valence-electron chi connectivity index (χ1n) is 9.69. The van der Waals surface area contributed by atoms with Gasteiger partial charge in [-0.1, -0.05) is 35.9 Å². The molecule has 0 amide bonds. The quantitative estimate of drug-likeness (QED) is 0.732. The summed E-state index contributed by atoms with van der Waals surface area (Å²) in [5, 5.41) is 14.1. The summed E-state index contributed by atoms with van der Waals surface area (Å²) in [4.78, 5) is 2.72. The molecule has 0 aliphatic carbocycles. The number of rotatable bonds is 6. The van der Waals surface area contributed by atoms with E-state index in [1.165, 1.54) is 36.8 Å². The number of benzene rings is 2. The zero-order valence-corrected chi connectivity index (χ0v) is 15.8. The van der Waals surface area contributed by atoms with E-state index in [0.29, 0.717) is 23.8 Å². The zero-order valence-electron chi connectivity index (χ0n) is 15.1. The molecule has 0 radical (unpaired) electrons. The largest absolute Gasteiger partial charge is 0.508 e. The fourth-order valence-corrected chi connectivity index (χ4v) is 4.86. The molecule has 2 N–H and O–H groups in total. The van der Waals surface area contributed by atoms with Crippen molar-refractivity contribution in [2.24, 2.45) is 0 Å². The van der Waals surface area contributed by atoms with Gasteiger partial charge in [0.15, 0.2) is 0 Å². The van der Waals surface area contributed by atoms with Gasteiger partial charge in [-0.2, -0.15) is 0 Å². The Kier molecular flexibility index (Phi) is 5.49. The Balaban J connectivity index is 1.27. The van der Waals surface area contributed by atoms with Crippen molar-refractivity contribution in [2.75, 3.05) is 13.1 Å². The molecule has 0 spiro atoms.